The van der Waals surface area contributed by atoms with Crippen LogP contribution in [0.15, 0.2) is 24.3 Å². The Bertz CT molecular complexity index is 754. The van der Waals surface area contributed by atoms with Crippen molar-refractivity contribution in [1.29, 1.82) is 0 Å². The molecule has 1 amide bonds. The molecule has 1 aromatic carbocycles. The number of hydrogen-bond acceptors (Lipinski definition) is 6. The third-order valence-electron chi connectivity index (χ3n) is 5.23. The first-order valence-electron chi connectivity index (χ1n) is 9.81. The number of ether oxygens (including phenoxy) is 2. The van der Waals surface area contributed by atoms with Crippen molar-refractivity contribution in [2.24, 2.45) is 11.7 Å². The number of carbonyl (C=O) groups excluding carboxylic acids is 3. The van der Waals surface area contributed by atoms with Crippen molar-refractivity contribution in [3.8, 4) is 0 Å². The van der Waals surface area contributed by atoms with Gasteiger partial charge in [-0.2, -0.15) is 0 Å². The van der Waals surface area contributed by atoms with Gasteiger partial charge in [-0.15, -0.1) is 0 Å². The molecule has 29 heavy (non-hydrogen) atoms. The Kier molecular flexibility index (Phi) is 8.05. The molecule has 0 radical (unpaired) electrons. The highest BCUT2D eigenvalue weighted by atomic mass is 35.5. The average molecular weight is 425 g/mol. The minimum absolute atomic E-state index is 0.0905. The number of nitrogens with two attached hydrogens (primary N) is 1. The summed E-state index contributed by atoms with van der Waals surface area (Å²) in [6, 6.07) is 6.21. The van der Waals surface area contributed by atoms with Crippen LogP contribution in [0.3, 0.4) is 0 Å². The van der Waals surface area contributed by atoms with Crippen LogP contribution in [0.1, 0.15) is 51.5 Å². The molecule has 1 aliphatic rings. The lowest BCUT2D eigenvalue weighted by atomic mass is 9.74. The van der Waals surface area contributed by atoms with E-state index in [0.29, 0.717) is 29.8 Å². The molecule has 1 saturated carbocycles. The number of rotatable bonds is 7. The van der Waals surface area contributed by atoms with Crippen molar-refractivity contribution in [3.05, 3.63) is 34.9 Å². The molecular weight excluding hydrogens is 396 g/mol. The Morgan fingerprint density at radius 1 is 1.24 bits per heavy atom. The van der Waals surface area contributed by atoms with E-state index in [4.69, 9.17) is 26.8 Å². The van der Waals surface area contributed by atoms with E-state index < -0.39 is 30.4 Å². The summed E-state index contributed by atoms with van der Waals surface area (Å²) in [5.41, 5.74) is 5.13. The summed E-state index contributed by atoms with van der Waals surface area (Å²) in [4.78, 5) is 38.8. The minimum atomic E-state index is -1.20. The number of halogens is 1. The highest BCUT2D eigenvalue weighted by molar-refractivity contribution is 6.31. The monoisotopic (exact) mass is 424 g/mol. The number of esters is 1. The number of amides is 1. The molecule has 0 bridgehead atoms. The van der Waals surface area contributed by atoms with Crippen LogP contribution >= 0.6 is 11.6 Å². The van der Waals surface area contributed by atoms with Gasteiger partial charge >= 0.3 is 12.1 Å². The first-order chi connectivity index (χ1) is 13.7. The van der Waals surface area contributed by atoms with Gasteiger partial charge in [-0.25, -0.2) is 4.79 Å². The third-order valence-corrected chi connectivity index (χ3v) is 5.56. The van der Waals surface area contributed by atoms with E-state index in [1.54, 1.807) is 24.3 Å². The Labute approximate surface area is 176 Å². The van der Waals surface area contributed by atoms with Crippen LogP contribution in [-0.2, 0) is 24.6 Å². The summed E-state index contributed by atoms with van der Waals surface area (Å²) in [6.45, 7) is 3.32. The second kappa shape index (κ2) is 10.1. The van der Waals surface area contributed by atoms with Gasteiger partial charge in [-0.3, -0.25) is 14.5 Å². The molecular formula is C21H29ClN2O5. The van der Waals surface area contributed by atoms with Gasteiger partial charge in [0.05, 0.1) is 0 Å². The Morgan fingerprint density at radius 2 is 1.93 bits per heavy atom. The number of nitrogens with zero attached hydrogens (tertiary/aromatic N) is 1. The summed E-state index contributed by atoms with van der Waals surface area (Å²) < 4.78 is 10.1. The number of benzene rings is 1. The summed E-state index contributed by atoms with van der Waals surface area (Å²) in [7, 11) is 1.50. The van der Waals surface area contributed by atoms with Crippen LogP contribution in [0.5, 0.6) is 0 Å². The van der Waals surface area contributed by atoms with Gasteiger partial charge in [0.1, 0.15) is 11.6 Å². The SMILES string of the molecule is CC(C)C[C@H](N)C(=O)OCOC(=O)N(C)[C@]1(c2ccccc2Cl)CCCCC1=O. The van der Waals surface area contributed by atoms with E-state index in [1.165, 1.54) is 11.9 Å². The molecule has 0 heterocycles. The van der Waals surface area contributed by atoms with Gasteiger partial charge in [-0.05, 0) is 37.7 Å². The lowest BCUT2D eigenvalue weighted by Gasteiger charge is -2.43. The molecule has 0 unspecified atom stereocenters. The van der Waals surface area contributed by atoms with E-state index in [1.807, 2.05) is 13.8 Å². The number of Topliss-reactive ketones (excluding diaryl/α,β-unsaturated/α-hetero) is 1. The number of carbonyl (C=O) groups is 3. The van der Waals surface area contributed by atoms with Gasteiger partial charge in [0.2, 0.25) is 6.79 Å². The zero-order valence-corrected chi connectivity index (χ0v) is 17.9. The maximum atomic E-state index is 13.0. The first-order valence-corrected chi connectivity index (χ1v) is 10.2. The molecule has 160 valence electrons. The van der Waals surface area contributed by atoms with Gasteiger partial charge in [0.15, 0.2) is 5.78 Å². The Morgan fingerprint density at radius 3 is 2.55 bits per heavy atom. The molecule has 0 saturated heterocycles. The zero-order chi connectivity index (χ0) is 21.6. The topological polar surface area (TPSA) is 98.9 Å². The van der Waals surface area contributed by atoms with E-state index in [0.717, 1.165) is 12.8 Å². The molecule has 1 aliphatic carbocycles. The highest BCUT2D eigenvalue weighted by Crippen LogP contribution is 2.42. The lowest BCUT2D eigenvalue weighted by Crippen LogP contribution is -2.54. The van der Waals surface area contributed by atoms with Crippen molar-refractivity contribution >= 4 is 29.4 Å². The van der Waals surface area contributed by atoms with E-state index in [2.05, 4.69) is 0 Å². The number of ketones is 1. The van der Waals surface area contributed by atoms with Crippen LogP contribution in [-0.4, -0.2) is 42.6 Å². The van der Waals surface area contributed by atoms with Crippen LogP contribution in [0.25, 0.3) is 0 Å². The van der Waals surface area contributed by atoms with Crippen molar-refractivity contribution in [1.82, 2.24) is 4.90 Å². The lowest BCUT2D eigenvalue weighted by molar-refractivity contribution is -0.155. The fourth-order valence-electron chi connectivity index (χ4n) is 3.73. The fraction of sp³-hybridized carbons (Fsp3) is 0.571. The Hall–Kier alpha value is -2.12. The van der Waals surface area contributed by atoms with Crippen LogP contribution in [0, 0.1) is 5.92 Å². The molecule has 0 aliphatic heterocycles. The molecule has 2 rings (SSSR count). The van der Waals surface area contributed by atoms with Gasteiger partial charge in [-0.1, -0.05) is 43.6 Å². The van der Waals surface area contributed by atoms with E-state index in [-0.39, 0.29) is 11.7 Å². The predicted molar refractivity (Wildman–Crippen MR) is 109 cm³/mol. The zero-order valence-electron chi connectivity index (χ0n) is 17.2. The van der Waals surface area contributed by atoms with Crippen LogP contribution in [0.4, 0.5) is 4.79 Å². The largest absolute Gasteiger partial charge is 0.427 e. The molecule has 0 aromatic heterocycles. The smallest absolute Gasteiger partial charge is 0.413 e. The normalized spacial score (nSPS) is 20.3. The second-order valence-corrected chi connectivity index (χ2v) is 8.16. The van der Waals surface area contributed by atoms with Gasteiger partial charge in [0.25, 0.3) is 0 Å². The molecule has 1 fully saturated rings. The van der Waals surface area contributed by atoms with Crippen molar-refractivity contribution < 1.29 is 23.9 Å². The molecule has 8 heteroatoms. The van der Waals surface area contributed by atoms with Gasteiger partial charge < -0.3 is 15.2 Å². The summed E-state index contributed by atoms with van der Waals surface area (Å²) in [5.74, 6) is -0.491. The Balaban J connectivity index is 2.11. The standard InChI is InChI=1S/C21H29ClN2O5/c1-14(2)12-17(23)19(26)28-13-29-20(27)24(3)21(11-7-6-10-18(21)25)15-8-4-5-9-16(15)22/h4-5,8-9,14,17H,6-7,10-13,23H2,1-3H3/t17-,21-/m0/s1. The van der Waals surface area contributed by atoms with E-state index >= 15 is 0 Å². The maximum Gasteiger partial charge on any atom is 0.413 e. The summed E-state index contributed by atoms with van der Waals surface area (Å²) in [5, 5.41) is 0.411. The van der Waals surface area contributed by atoms with Crippen molar-refractivity contribution in [2.75, 3.05) is 13.8 Å². The van der Waals surface area contributed by atoms with Crippen molar-refractivity contribution in [3.63, 3.8) is 0 Å². The number of hydrogen-bond donors (Lipinski definition) is 1. The highest BCUT2D eigenvalue weighted by Gasteiger charge is 2.48. The minimum Gasteiger partial charge on any atom is -0.427 e. The van der Waals surface area contributed by atoms with Crippen molar-refractivity contribution in [2.45, 2.75) is 57.5 Å². The van der Waals surface area contributed by atoms with Crippen LogP contribution in [0.2, 0.25) is 5.02 Å². The first kappa shape index (κ1) is 23.2. The third kappa shape index (κ3) is 5.28. The summed E-state index contributed by atoms with van der Waals surface area (Å²) >= 11 is 6.37. The van der Waals surface area contributed by atoms with E-state index in [9.17, 15) is 14.4 Å². The molecule has 1 aromatic rings. The molecule has 2 N–H and O–H groups in total. The molecule has 2 atom stereocenters. The number of likely N-dealkylation sites (N-methyl/N-ethyl adjacent to an activating group) is 1. The quantitative estimate of drug-likeness (QED) is 0.530. The molecule has 7 nitrogen and oxygen atoms in total. The second-order valence-electron chi connectivity index (χ2n) is 7.76. The fourth-order valence-corrected chi connectivity index (χ4v) is 4.02. The summed E-state index contributed by atoms with van der Waals surface area (Å²) in [6.07, 6.45) is 2.02. The van der Waals surface area contributed by atoms with Gasteiger partial charge in [0, 0.05) is 24.1 Å². The average Bonchev–Trinajstić information content (AvgIpc) is 2.67. The molecule has 0 spiro atoms. The predicted octanol–water partition coefficient (Wildman–Crippen LogP) is 3.62. The maximum absolute atomic E-state index is 13.0. The van der Waals surface area contributed by atoms with Crippen LogP contribution < -0.4 is 5.73 Å².